The molecule has 1 atom stereocenters. The smallest absolute Gasteiger partial charge is 0.128 e. The molecule has 0 saturated heterocycles. The van der Waals surface area contributed by atoms with Gasteiger partial charge in [0.15, 0.2) is 0 Å². The van der Waals surface area contributed by atoms with Crippen LogP contribution in [0.3, 0.4) is 0 Å². The number of ether oxygens (including phenoxy) is 1. The molecule has 2 aromatic rings. The van der Waals surface area contributed by atoms with E-state index in [1.54, 1.807) is 6.08 Å². The summed E-state index contributed by atoms with van der Waals surface area (Å²) >= 11 is 0. The molecule has 0 aliphatic heterocycles. The Bertz CT molecular complexity index is 508. The third kappa shape index (κ3) is 2.68. The second-order valence-electron chi connectivity index (χ2n) is 3.97. The Balaban J connectivity index is 2.35. The second kappa shape index (κ2) is 5.53. The molecule has 0 spiro atoms. The van der Waals surface area contributed by atoms with E-state index in [-0.39, 0.29) is 6.10 Å². The second-order valence-corrected chi connectivity index (χ2v) is 3.97. The van der Waals surface area contributed by atoms with Gasteiger partial charge in [-0.1, -0.05) is 49.4 Å². The highest BCUT2D eigenvalue weighted by molar-refractivity contribution is 5.88. The summed E-state index contributed by atoms with van der Waals surface area (Å²) in [4.78, 5) is 0. The summed E-state index contributed by atoms with van der Waals surface area (Å²) in [7, 11) is 0. The van der Waals surface area contributed by atoms with Gasteiger partial charge in [0.2, 0.25) is 0 Å². The van der Waals surface area contributed by atoms with Crippen LogP contribution in [0.2, 0.25) is 0 Å². The van der Waals surface area contributed by atoms with Crippen molar-refractivity contribution in [1.82, 2.24) is 0 Å². The fourth-order valence-corrected chi connectivity index (χ4v) is 1.87. The van der Waals surface area contributed by atoms with Crippen LogP contribution in [-0.2, 0) is 0 Å². The molecule has 1 heteroatoms. The summed E-state index contributed by atoms with van der Waals surface area (Å²) in [5.74, 6) is 0.938. The van der Waals surface area contributed by atoms with Crippen LogP contribution in [-0.4, -0.2) is 6.10 Å². The zero-order valence-electron chi connectivity index (χ0n) is 10.1. The molecule has 17 heavy (non-hydrogen) atoms. The summed E-state index contributed by atoms with van der Waals surface area (Å²) in [6.45, 7) is 5.82. The van der Waals surface area contributed by atoms with E-state index in [1.165, 1.54) is 5.39 Å². The highest BCUT2D eigenvalue weighted by atomic mass is 16.5. The fraction of sp³-hybridized carbons (Fsp3) is 0.188. The van der Waals surface area contributed by atoms with Gasteiger partial charge in [0.25, 0.3) is 0 Å². The van der Waals surface area contributed by atoms with Gasteiger partial charge < -0.3 is 4.74 Å². The molecule has 0 fully saturated rings. The van der Waals surface area contributed by atoms with E-state index in [0.29, 0.717) is 0 Å². The molecular weight excluding hydrogens is 208 g/mol. The van der Waals surface area contributed by atoms with Gasteiger partial charge in [-0.2, -0.15) is 0 Å². The molecule has 1 nitrogen and oxygen atoms in total. The minimum Gasteiger partial charge on any atom is -0.486 e. The number of rotatable bonds is 4. The molecular formula is C16H17O. The molecule has 0 aliphatic carbocycles. The van der Waals surface area contributed by atoms with Crippen molar-refractivity contribution in [2.45, 2.75) is 19.4 Å². The van der Waals surface area contributed by atoms with E-state index in [4.69, 9.17) is 4.74 Å². The maximum Gasteiger partial charge on any atom is 0.128 e. The molecule has 1 radical (unpaired) electrons. The van der Waals surface area contributed by atoms with E-state index in [0.717, 1.165) is 17.6 Å². The number of benzene rings is 2. The summed E-state index contributed by atoms with van der Waals surface area (Å²) in [5.41, 5.74) is 0. The first-order valence-electron chi connectivity index (χ1n) is 5.95. The third-order valence-corrected chi connectivity index (χ3v) is 2.78. The van der Waals surface area contributed by atoms with Crippen molar-refractivity contribution in [3.63, 3.8) is 0 Å². The summed E-state index contributed by atoms with van der Waals surface area (Å²) in [6, 6.07) is 14.4. The molecule has 0 aliphatic rings. The molecule has 0 heterocycles. The van der Waals surface area contributed by atoms with Crippen LogP contribution >= 0.6 is 0 Å². The number of hydrogen-bond donors (Lipinski definition) is 0. The normalized spacial score (nSPS) is 13.1. The zero-order valence-corrected chi connectivity index (χ0v) is 10.1. The first-order valence-corrected chi connectivity index (χ1v) is 5.95. The van der Waals surface area contributed by atoms with Crippen LogP contribution in [0, 0.1) is 6.92 Å². The predicted molar refractivity (Wildman–Crippen MR) is 73.2 cm³/mol. The van der Waals surface area contributed by atoms with Crippen molar-refractivity contribution < 1.29 is 4.74 Å². The molecule has 0 bridgehead atoms. The predicted octanol–water partition coefficient (Wildman–Crippen LogP) is 4.39. The van der Waals surface area contributed by atoms with E-state index in [2.05, 4.69) is 32.0 Å². The standard InChI is InChI=1S/C16H17O/c1-3-8-14(4-2)17-16-12-7-10-13-9-5-6-11-15(13)16/h3,5-12,14H,1,4H2,2H3. The molecule has 0 N–H and O–H groups in total. The Labute approximate surface area is 103 Å². The Morgan fingerprint density at radius 1 is 1.18 bits per heavy atom. The third-order valence-electron chi connectivity index (χ3n) is 2.78. The molecule has 2 aromatic carbocycles. The lowest BCUT2D eigenvalue weighted by atomic mass is 10.1. The molecule has 0 aromatic heterocycles. The lowest BCUT2D eigenvalue weighted by molar-refractivity contribution is 0.248. The minimum absolute atomic E-state index is 0.0957. The van der Waals surface area contributed by atoms with Crippen molar-refractivity contribution in [3.05, 3.63) is 61.5 Å². The van der Waals surface area contributed by atoms with Gasteiger partial charge in [0, 0.05) is 5.39 Å². The van der Waals surface area contributed by atoms with Crippen LogP contribution in [0.4, 0.5) is 0 Å². The molecule has 87 valence electrons. The van der Waals surface area contributed by atoms with E-state index < -0.39 is 0 Å². The van der Waals surface area contributed by atoms with Crippen molar-refractivity contribution in [1.29, 1.82) is 0 Å². The maximum atomic E-state index is 5.99. The molecule has 0 amide bonds. The van der Waals surface area contributed by atoms with Crippen molar-refractivity contribution in [2.24, 2.45) is 0 Å². The number of fused-ring (bicyclic) bond motifs is 1. The van der Waals surface area contributed by atoms with Gasteiger partial charge in [-0.05, 0) is 30.9 Å². The van der Waals surface area contributed by atoms with Crippen molar-refractivity contribution in [2.75, 3.05) is 0 Å². The summed E-state index contributed by atoms with van der Waals surface area (Å²) < 4.78 is 5.99. The highest BCUT2D eigenvalue weighted by Gasteiger charge is 2.06. The minimum atomic E-state index is 0.0957. The average molecular weight is 225 g/mol. The zero-order chi connectivity index (χ0) is 12.1. The fourth-order valence-electron chi connectivity index (χ4n) is 1.87. The largest absolute Gasteiger partial charge is 0.486 e. The van der Waals surface area contributed by atoms with Crippen LogP contribution in [0.25, 0.3) is 10.8 Å². The Hall–Kier alpha value is -1.76. The number of allylic oxidation sites excluding steroid dienone is 1. The van der Waals surface area contributed by atoms with Gasteiger partial charge in [0.05, 0.1) is 0 Å². The highest BCUT2D eigenvalue weighted by Crippen LogP contribution is 2.26. The monoisotopic (exact) mass is 225 g/mol. The Morgan fingerprint density at radius 3 is 2.71 bits per heavy atom. The quantitative estimate of drug-likeness (QED) is 0.750. The molecule has 2 rings (SSSR count). The lowest BCUT2D eigenvalue weighted by Crippen LogP contribution is -2.11. The first-order chi connectivity index (χ1) is 8.35. The maximum absolute atomic E-state index is 5.99. The van der Waals surface area contributed by atoms with Gasteiger partial charge >= 0.3 is 0 Å². The van der Waals surface area contributed by atoms with Crippen LogP contribution in [0.1, 0.15) is 13.3 Å². The van der Waals surface area contributed by atoms with Gasteiger partial charge in [-0.15, -0.1) is 0 Å². The Morgan fingerprint density at radius 2 is 1.94 bits per heavy atom. The summed E-state index contributed by atoms with van der Waals surface area (Å²) in [6.07, 6.45) is 4.81. The molecule has 0 saturated carbocycles. The summed E-state index contributed by atoms with van der Waals surface area (Å²) in [5, 5.41) is 2.37. The van der Waals surface area contributed by atoms with Gasteiger partial charge in [-0.3, -0.25) is 0 Å². The van der Waals surface area contributed by atoms with E-state index >= 15 is 0 Å². The van der Waals surface area contributed by atoms with E-state index in [9.17, 15) is 0 Å². The average Bonchev–Trinajstić information content (AvgIpc) is 2.38. The van der Waals surface area contributed by atoms with E-state index in [1.807, 2.05) is 30.3 Å². The number of hydrogen-bond acceptors (Lipinski definition) is 1. The first kappa shape index (κ1) is 11.7. The van der Waals surface area contributed by atoms with Crippen LogP contribution in [0.15, 0.2) is 54.6 Å². The van der Waals surface area contributed by atoms with Gasteiger partial charge in [-0.25, -0.2) is 0 Å². The van der Waals surface area contributed by atoms with Crippen LogP contribution in [0.5, 0.6) is 5.75 Å². The van der Waals surface area contributed by atoms with Crippen LogP contribution < -0.4 is 4.74 Å². The van der Waals surface area contributed by atoms with Crippen molar-refractivity contribution in [3.8, 4) is 5.75 Å². The lowest BCUT2D eigenvalue weighted by Gasteiger charge is -2.15. The van der Waals surface area contributed by atoms with Gasteiger partial charge in [0.1, 0.15) is 11.9 Å². The SMILES string of the molecule is [CH2]C=CC(CC)Oc1cccc2ccccc12. The topological polar surface area (TPSA) is 9.23 Å². The Kier molecular flexibility index (Phi) is 3.81. The van der Waals surface area contributed by atoms with Crippen molar-refractivity contribution >= 4 is 10.8 Å². The molecule has 1 unspecified atom stereocenters.